The molecule has 0 saturated carbocycles. The summed E-state index contributed by atoms with van der Waals surface area (Å²) in [6.45, 7) is 0. The van der Waals surface area contributed by atoms with E-state index in [9.17, 15) is 17.6 Å². The first kappa shape index (κ1) is 16.2. The van der Waals surface area contributed by atoms with Crippen LogP contribution in [0.15, 0.2) is 54.6 Å². The van der Waals surface area contributed by atoms with Gasteiger partial charge in [-0.1, -0.05) is 30.3 Å². The highest BCUT2D eigenvalue weighted by Crippen LogP contribution is 2.11. The number of hydrogen-bond donors (Lipinski definition) is 1. The van der Waals surface area contributed by atoms with Gasteiger partial charge in [0.2, 0.25) is 5.91 Å². The molecule has 1 N–H and O–H groups in total. The maximum absolute atomic E-state index is 13.0. The van der Waals surface area contributed by atoms with E-state index in [2.05, 4.69) is 5.32 Å². The van der Waals surface area contributed by atoms with Crippen LogP contribution in [0.3, 0.4) is 0 Å². The highest BCUT2D eigenvalue weighted by atomic mass is 32.2. The summed E-state index contributed by atoms with van der Waals surface area (Å²) >= 11 is 0. The number of sulfone groups is 1. The van der Waals surface area contributed by atoms with Crippen molar-refractivity contribution in [2.24, 2.45) is 0 Å². The Hall–Kier alpha value is -2.21. The molecule has 0 fully saturated rings. The average molecular weight is 321 g/mol. The fourth-order valence-corrected chi connectivity index (χ4v) is 3.27. The Morgan fingerprint density at radius 1 is 1.05 bits per heavy atom. The maximum Gasteiger partial charge on any atom is 0.225 e. The minimum absolute atomic E-state index is 0.132. The zero-order valence-electron chi connectivity index (χ0n) is 11.8. The minimum atomic E-state index is -3.47. The lowest BCUT2D eigenvalue weighted by molar-refractivity contribution is -0.115. The van der Waals surface area contributed by atoms with Crippen molar-refractivity contribution in [3.63, 3.8) is 0 Å². The quantitative estimate of drug-likeness (QED) is 0.890. The largest absolute Gasteiger partial charge is 0.326 e. The van der Waals surface area contributed by atoms with Gasteiger partial charge in [0.1, 0.15) is 5.82 Å². The molecule has 0 saturated heterocycles. The fourth-order valence-electron chi connectivity index (χ4n) is 1.95. The lowest BCUT2D eigenvalue weighted by Crippen LogP contribution is -2.18. The summed E-state index contributed by atoms with van der Waals surface area (Å²) in [5.74, 6) is -1.39. The molecule has 2 rings (SSSR count). The van der Waals surface area contributed by atoms with E-state index in [1.54, 1.807) is 30.3 Å². The summed E-state index contributed by atoms with van der Waals surface area (Å²) in [5, 5.41) is 2.62. The summed E-state index contributed by atoms with van der Waals surface area (Å²) in [6, 6.07) is 14.3. The van der Waals surface area contributed by atoms with Gasteiger partial charge in [0.25, 0.3) is 0 Å². The van der Waals surface area contributed by atoms with Gasteiger partial charge < -0.3 is 5.32 Å². The molecule has 0 heterocycles. The summed E-state index contributed by atoms with van der Waals surface area (Å²) in [4.78, 5) is 11.7. The molecular weight excluding hydrogens is 305 g/mol. The lowest BCUT2D eigenvalue weighted by atomic mass is 10.2. The van der Waals surface area contributed by atoms with Gasteiger partial charge in [-0.3, -0.25) is 4.79 Å². The number of nitrogens with one attached hydrogen (secondary N) is 1. The van der Waals surface area contributed by atoms with Crippen LogP contribution in [0.25, 0.3) is 0 Å². The third kappa shape index (κ3) is 5.29. The molecule has 0 bridgehead atoms. The topological polar surface area (TPSA) is 63.2 Å². The first-order valence-corrected chi connectivity index (χ1v) is 8.56. The van der Waals surface area contributed by atoms with Gasteiger partial charge >= 0.3 is 0 Å². The number of benzene rings is 2. The molecule has 0 spiro atoms. The Morgan fingerprint density at radius 3 is 2.45 bits per heavy atom. The Morgan fingerprint density at radius 2 is 1.77 bits per heavy atom. The van der Waals surface area contributed by atoms with Crippen molar-refractivity contribution in [1.82, 2.24) is 0 Å². The van der Waals surface area contributed by atoms with Crippen molar-refractivity contribution < 1.29 is 17.6 Å². The molecule has 0 aliphatic rings. The second-order valence-corrected chi connectivity index (χ2v) is 7.07. The molecule has 6 heteroatoms. The molecule has 2 aromatic rings. The van der Waals surface area contributed by atoms with Gasteiger partial charge in [-0.25, -0.2) is 12.8 Å². The van der Waals surface area contributed by atoms with Crippen LogP contribution in [0.1, 0.15) is 12.0 Å². The number of para-hydroxylation sites is 1. The lowest BCUT2D eigenvalue weighted by Gasteiger charge is -2.06. The van der Waals surface area contributed by atoms with E-state index in [1.807, 2.05) is 6.07 Å². The molecule has 0 aliphatic carbocycles. The summed E-state index contributed by atoms with van der Waals surface area (Å²) in [7, 11) is -3.47. The number of carbonyl (C=O) groups is 1. The van der Waals surface area contributed by atoms with E-state index >= 15 is 0 Å². The van der Waals surface area contributed by atoms with E-state index < -0.39 is 15.7 Å². The average Bonchev–Trinajstić information content (AvgIpc) is 2.46. The van der Waals surface area contributed by atoms with E-state index in [1.165, 1.54) is 18.2 Å². The summed E-state index contributed by atoms with van der Waals surface area (Å²) in [6.07, 6.45) is -0.132. The zero-order chi connectivity index (χ0) is 16.0. The predicted molar refractivity (Wildman–Crippen MR) is 83.6 cm³/mol. The van der Waals surface area contributed by atoms with Crippen molar-refractivity contribution in [3.05, 3.63) is 66.0 Å². The molecule has 0 aromatic heterocycles. The van der Waals surface area contributed by atoms with Crippen LogP contribution < -0.4 is 5.32 Å². The SMILES string of the molecule is O=C(CCS(=O)(=O)Cc1cccc(F)c1)Nc1ccccc1. The summed E-state index contributed by atoms with van der Waals surface area (Å²) in [5.41, 5.74) is 0.999. The van der Waals surface area contributed by atoms with E-state index in [0.29, 0.717) is 11.3 Å². The third-order valence-corrected chi connectivity index (χ3v) is 4.57. The highest BCUT2D eigenvalue weighted by molar-refractivity contribution is 7.90. The number of anilines is 1. The number of rotatable bonds is 6. The highest BCUT2D eigenvalue weighted by Gasteiger charge is 2.15. The number of amides is 1. The molecule has 1 amide bonds. The molecule has 22 heavy (non-hydrogen) atoms. The van der Waals surface area contributed by atoms with Crippen LogP contribution in [0.2, 0.25) is 0 Å². The molecule has 0 atom stereocenters. The number of hydrogen-bond acceptors (Lipinski definition) is 3. The second kappa shape index (κ2) is 7.17. The number of carbonyl (C=O) groups excluding carboxylic acids is 1. The van der Waals surface area contributed by atoms with Gasteiger partial charge in [-0.2, -0.15) is 0 Å². The second-order valence-electron chi connectivity index (χ2n) is 4.89. The van der Waals surface area contributed by atoms with Crippen molar-refractivity contribution in [2.75, 3.05) is 11.1 Å². The van der Waals surface area contributed by atoms with Gasteiger partial charge in [-0.15, -0.1) is 0 Å². The summed E-state index contributed by atoms with van der Waals surface area (Å²) < 4.78 is 37.0. The Balaban J connectivity index is 1.88. The van der Waals surface area contributed by atoms with Gasteiger partial charge in [-0.05, 0) is 29.8 Å². The Bertz CT molecular complexity index is 745. The fraction of sp³-hybridized carbons (Fsp3) is 0.188. The van der Waals surface area contributed by atoms with Crippen LogP contribution in [0.4, 0.5) is 10.1 Å². The Kier molecular flexibility index (Phi) is 5.27. The van der Waals surface area contributed by atoms with Crippen LogP contribution >= 0.6 is 0 Å². The zero-order valence-corrected chi connectivity index (χ0v) is 12.6. The monoisotopic (exact) mass is 321 g/mol. The minimum Gasteiger partial charge on any atom is -0.326 e. The molecule has 4 nitrogen and oxygen atoms in total. The smallest absolute Gasteiger partial charge is 0.225 e. The van der Waals surface area contributed by atoms with Crippen molar-refractivity contribution >= 4 is 21.4 Å². The van der Waals surface area contributed by atoms with E-state index in [0.717, 1.165) is 0 Å². The van der Waals surface area contributed by atoms with Crippen molar-refractivity contribution in [1.29, 1.82) is 0 Å². The first-order chi connectivity index (χ1) is 10.4. The van der Waals surface area contributed by atoms with Crippen LogP contribution in [-0.4, -0.2) is 20.1 Å². The standard InChI is InChI=1S/C16H16FNO3S/c17-14-6-4-5-13(11-14)12-22(20,21)10-9-16(19)18-15-7-2-1-3-8-15/h1-8,11H,9-10,12H2,(H,18,19). The third-order valence-electron chi connectivity index (χ3n) is 2.97. The molecular formula is C16H16FNO3S. The van der Waals surface area contributed by atoms with Crippen LogP contribution in [-0.2, 0) is 20.4 Å². The van der Waals surface area contributed by atoms with E-state index in [4.69, 9.17) is 0 Å². The Labute approximate surface area is 128 Å². The molecule has 0 aliphatic heterocycles. The predicted octanol–water partition coefficient (Wildman–Crippen LogP) is 2.77. The first-order valence-electron chi connectivity index (χ1n) is 6.74. The normalized spacial score (nSPS) is 11.1. The van der Waals surface area contributed by atoms with Gasteiger partial charge in [0, 0.05) is 12.1 Å². The van der Waals surface area contributed by atoms with Gasteiger partial charge in [0.15, 0.2) is 9.84 Å². The number of halogens is 1. The molecule has 2 aromatic carbocycles. The maximum atomic E-state index is 13.0. The molecule has 116 valence electrons. The van der Waals surface area contributed by atoms with Crippen LogP contribution in [0, 0.1) is 5.82 Å². The molecule has 0 unspecified atom stereocenters. The molecule has 0 radical (unpaired) electrons. The van der Waals surface area contributed by atoms with Crippen molar-refractivity contribution in [2.45, 2.75) is 12.2 Å². The van der Waals surface area contributed by atoms with E-state index in [-0.39, 0.29) is 23.8 Å². The van der Waals surface area contributed by atoms with Gasteiger partial charge in [0.05, 0.1) is 11.5 Å². The van der Waals surface area contributed by atoms with Crippen LogP contribution in [0.5, 0.6) is 0 Å². The van der Waals surface area contributed by atoms with Crippen molar-refractivity contribution in [3.8, 4) is 0 Å².